The smallest absolute Gasteiger partial charge is 0.223 e. The first-order valence-corrected chi connectivity index (χ1v) is 10.00. The van der Waals surface area contributed by atoms with Crippen molar-refractivity contribution in [3.05, 3.63) is 71.5 Å². The molecule has 2 aromatic rings. The van der Waals surface area contributed by atoms with Gasteiger partial charge in [0.1, 0.15) is 5.82 Å². The van der Waals surface area contributed by atoms with Crippen molar-refractivity contribution in [2.24, 2.45) is 0 Å². The summed E-state index contributed by atoms with van der Waals surface area (Å²) in [5.74, 6) is -0.117. The minimum absolute atomic E-state index is 0.110. The minimum atomic E-state index is -0.250. The van der Waals surface area contributed by atoms with Gasteiger partial charge in [0.2, 0.25) is 5.91 Å². The summed E-state index contributed by atoms with van der Waals surface area (Å²) in [6, 6.07) is 16.6. The lowest BCUT2D eigenvalue weighted by molar-refractivity contribution is -0.134. The highest BCUT2D eigenvalue weighted by Gasteiger charge is 2.23. The third kappa shape index (κ3) is 6.14. The number of carbonyl (C=O) groups is 1. The summed E-state index contributed by atoms with van der Waals surface area (Å²) in [5.41, 5.74) is 2.11. The SMILES string of the molecule is CC(CN1CCOCC1)N(Cc1ccccc1)C(=O)CCc1ccc(F)cc1. The molecule has 28 heavy (non-hydrogen) atoms. The molecule has 0 aromatic heterocycles. The summed E-state index contributed by atoms with van der Waals surface area (Å²) < 4.78 is 18.5. The number of morpholine rings is 1. The molecule has 0 aliphatic carbocycles. The summed E-state index contributed by atoms with van der Waals surface area (Å²) in [5, 5.41) is 0. The summed E-state index contributed by atoms with van der Waals surface area (Å²) in [6.45, 7) is 6.90. The fourth-order valence-electron chi connectivity index (χ4n) is 3.57. The van der Waals surface area contributed by atoms with Gasteiger partial charge >= 0.3 is 0 Å². The van der Waals surface area contributed by atoms with Gasteiger partial charge in [-0.25, -0.2) is 4.39 Å². The molecule has 1 aliphatic heterocycles. The largest absolute Gasteiger partial charge is 0.379 e. The highest BCUT2D eigenvalue weighted by atomic mass is 19.1. The summed E-state index contributed by atoms with van der Waals surface area (Å²) in [4.78, 5) is 17.4. The Hall–Kier alpha value is -2.24. The minimum Gasteiger partial charge on any atom is -0.379 e. The molecule has 0 spiro atoms. The predicted octanol–water partition coefficient (Wildman–Crippen LogP) is 3.51. The highest BCUT2D eigenvalue weighted by Crippen LogP contribution is 2.14. The highest BCUT2D eigenvalue weighted by molar-refractivity contribution is 5.76. The van der Waals surface area contributed by atoms with Gasteiger partial charge < -0.3 is 9.64 Å². The van der Waals surface area contributed by atoms with Crippen molar-refractivity contribution >= 4 is 5.91 Å². The van der Waals surface area contributed by atoms with E-state index in [2.05, 4.69) is 24.0 Å². The van der Waals surface area contributed by atoms with E-state index in [-0.39, 0.29) is 17.8 Å². The third-order valence-electron chi connectivity index (χ3n) is 5.22. The van der Waals surface area contributed by atoms with Crippen LogP contribution in [0.25, 0.3) is 0 Å². The second kappa shape index (κ2) is 10.3. The van der Waals surface area contributed by atoms with Gasteiger partial charge in [-0.2, -0.15) is 0 Å². The second-order valence-electron chi connectivity index (χ2n) is 7.40. The number of rotatable bonds is 8. The lowest BCUT2D eigenvalue weighted by atomic mass is 10.1. The van der Waals surface area contributed by atoms with Crippen LogP contribution >= 0.6 is 0 Å². The first-order valence-electron chi connectivity index (χ1n) is 10.00. The molecule has 5 heteroatoms. The van der Waals surface area contributed by atoms with Crippen LogP contribution in [0.1, 0.15) is 24.5 Å². The van der Waals surface area contributed by atoms with Gasteiger partial charge in [0.05, 0.1) is 13.2 Å². The van der Waals surface area contributed by atoms with Crippen LogP contribution in [-0.2, 0) is 22.5 Å². The number of halogens is 1. The average molecular weight is 384 g/mol. The molecule has 4 nitrogen and oxygen atoms in total. The Kier molecular flexibility index (Phi) is 7.57. The van der Waals surface area contributed by atoms with Gasteiger partial charge in [0.25, 0.3) is 0 Å². The van der Waals surface area contributed by atoms with E-state index in [1.807, 2.05) is 23.1 Å². The first kappa shape index (κ1) is 20.5. The van der Waals surface area contributed by atoms with Crippen LogP contribution < -0.4 is 0 Å². The molecule has 150 valence electrons. The standard InChI is InChI=1S/C23H29FN2O2/c1-19(17-25-13-15-28-16-14-25)26(18-21-5-3-2-4-6-21)23(27)12-9-20-7-10-22(24)11-8-20/h2-8,10-11,19H,9,12-18H2,1H3. The number of ether oxygens (including phenoxy) is 1. The van der Waals surface area contributed by atoms with Crippen molar-refractivity contribution in [3.8, 4) is 0 Å². The van der Waals surface area contributed by atoms with Gasteiger partial charge in [0, 0.05) is 38.6 Å². The Bertz CT molecular complexity index is 730. The van der Waals surface area contributed by atoms with E-state index < -0.39 is 0 Å². The lowest BCUT2D eigenvalue weighted by Gasteiger charge is -2.35. The zero-order chi connectivity index (χ0) is 19.8. The number of benzene rings is 2. The van der Waals surface area contributed by atoms with E-state index in [9.17, 15) is 9.18 Å². The summed E-state index contributed by atoms with van der Waals surface area (Å²) >= 11 is 0. The predicted molar refractivity (Wildman–Crippen MR) is 108 cm³/mol. The van der Waals surface area contributed by atoms with Crippen molar-refractivity contribution in [1.82, 2.24) is 9.80 Å². The summed E-state index contributed by atoms with van der Waals surface area (Å²) in [7, 11) is 0. The third-order valence-corrected chi connectivity index (χ3v) is 5.22. The molecule has 1 atom stereocenters. The molecule has 0 bridgehead atoms. The van der Waals surface area contributed by atoms with Crippen LogP contribution in [0.15, 0.2) is 54.6 Å². The van der Waals surface area contributed by atoms with Crippen LogP contribution in [0.5, 0.6) is 0 Å². The zero-order valence-electron chi connectivity index (χ0n) is 16.5. The van der Waals surface area contributed by atoms with Gasteiger partial charge in [-0.05, 0) is 36.6 Å². The zero-order valence-corrected chi connectivity index (χ0v) is 16.5. The molecule has 0 saturated carbocycles. The normalized spacial score (nSPS) is 15.9. The molecule has 1 amide bonds. The number of amides is 1. The van der Waals surface area contributed by atoms with E-state index in [1.165, 1.54) is 12.1 Å². The monoisotopic (exact) mass is 384 g/mol. The van der Waals surface area contributed by atoms with Crippen molar-refractivity contribution in [1.29, 1.82) is 0 Å². The Morgan fingerprint density at radius 1 is 1.07 bits per heavy atom. The molecule has 1 heterocycles. The number of carbonyl (C=O) groups excluding carboxylic acids is 1. The first-order chi connectivity index (χ1) is 13.6. The fourth-order valence-corrected chi connectivity index (χ4v) is 3.57. The Labute approximate surface area is 166 Å². The maximum absolute atomic E-state index is 13.1. The molecule has 3 rings (SSSR count). The molecule has 1 saturated heterocycles. The summed E-state index contributed by atoms with van der Waals surface area (Å²) in [6.07, 6.45) is 1.04. The van der Waals surface area contributed by atoms with Crippen LogP contribution in [0.4, 0.5) is 4.39 Å². The number of hydrogen-bond acceptors (Lipinski definition) is 3. The van der Waals surface area contributed by atoms with Gasteiger partial charge in [-0.3, -0.25) is 9.69 Å². The van der Waals surface area contributed by atoms with Crippen molar-refractivity contribution in [2.75, 3.05) is 32.8 Å². The van der Waals surface area contributed by atoms with Gasteiger partial charge in [-0.1, -0.05) is 42.5 Å². The molecule has 1 unspecified atom stereocenters. The molecule has 0 N–H and O–H groups in total. The molecule has 0 radical (unpaired) electrons. The fraction of sp³-hybridized carbons (Fsp3) is 0.435. The Balaban J connectivity index is 1.64. The van der Waals surface area contributed by atoms with Crippen molar-refractivity contribution in [2.45, 2.75) is 32.4 Å². The number of hydrogen-bond donors (Lipinski definition) is 0. The quantitative estimate of drug-likeness (QED) is 0.698. The molecule has 2 aromatic carbocycles. The number of aryl methyl sites for hydroxylation is 1. The van der Waals surface area contributed by atoms with E-state index in [0.29, 0.717) is 19.4 Å². The van der Waals surface area contributed by atoms with E-state index in [4.69, 9.17) is 4.74 Å². The Morgan fingerprint density at radius 2 is 1.75 bits per heavy atom. The Morgan fingerprint density at radius 3 is 2.43 bits per heavy atom. The van der Waals surface area contributed by atoms with E-state index in [0.717, 1.165) is 44.0 Å². The lowest BCUT2D eigenvalue weighted by Crippen LogP contribution is -2.48. The topological polar surface area (TPSA) is 32.8 Å². The maximum atomic E-state index is 13.1. The van der Waals surface area contributed by atoms with Crippen LogP contribution in [0, 0.1) is 5.82 Å². The van der Waals surface area contributed by atoms with Crippen LogP contribution in [0.2, 0.25) is 0 Å². The van der Waals surface area contributed by atoms with Crippen molar-refractivity contribution in [3.63, 3.8) is 0 Å². The molecule has 1 aliphatic rings. The van der Waals surface area contributed by atoms with Crippen LogP contribution in [0.3, 0.4) is 0 Å². The molecular formula is C23H29FN2O2. The van der Waals surface area contributed by atoms with Crippen molar-refractivity contribution < 1.29 is 13.9 Å². The number of nitrogens with zero attached hydrogens (tertiary/aromatic N) is 2. The van der Waals surface area contributed by atoms with Gasteiger partial charge in [-0.15, -0.1) is 0 Å². The maximum Gasteiger partial charge on any atom is 0.223 e. The molecular weight excluding hydrogens is 355 g/mol. The molecule has 1 fully saturated rings. The second-order valence-corrected chi connectivity index (χ2v) is 7.40. The van der Waals surface area contributed by atoms with E-state index >= 15 is 0 Å². The van der Waals surface area contributed by atoms with E-state index in [1.54, 1.807) is 12.1 Å². The average Bonchev–Trinajstić information content (AvgIpc) is 2.73. The van der Waals surface area contributed by atoms with Gasteiger partial charge in [0.15, 0.2) is 0 Å². The van der Waals surface area contributed by atoms with Crippen LogP contribution in [-0.4, -0.2) is 54.6 Å².